The Labute approximate surface area is 267 Å². The fraction of sp³-hybridized carbons (Fsp3) is 0.605. The van der Waals surface area contributed by atoms with Gasteiger partial charge in [0.05, 0.1) is 16.4 Å². The van der Waals surface area contributed by atoms with Gasteiger partial charge in [0.15, 0.2) is 28.8 Å². The van der Waals surface area contributed by atoms with E-state index in [4.69, 9.17) is 4.74 Å². The van der Waals surface area contributed by atoms with Crippen molar-refractivity contribution in [1.82, 2.24) is 0 Å². The van der Waals surface area contributed by atoms with Crippen molar-refractivity contribution in [2.24, 2.45) is 39.4 Å². The first-order valence-electron chi connectivity index (χ1n) is 16.2. The summed E-state index contributed by atoms with van der Waals surface area (Å²) in [6.07, 6.45) is 3.87. The van der Waals surface area contributed by atoms with E-state index in [1.165, 1.54) is 12.1 Å². The van der Waals surface area contributed by atoms with Gasteiger partial charge in [-0.15, -0.1) is 0 Å². The van der Waals surface area contributed by atoms with Crippen LogP contribution in [-0.2, 0) is 14.3 Å². The molecule has 2 bridgehead atoms. The van der Waals surface area contributed by atoms with Gasteiger partial charge in [-0.3, -0.25) is 14.4 Å². The average molecular weight is 619 g/mol. The Morgan fingerprint density at radius 2 is 1.69 bits per heavy atom. The molecule has 4 aliphatic rings. The zero-order valence-electron chi connectivity index (χ0n) is 28.3. The third-order valence-corrected chi connectivity index (χ3v) is 12.3. The standard InChI is InChI=1S/C38H50O7/c1-20(2)11-13-23-18-37(27-16-14-24(21(3)4)34(27,5)6)31(42)29(30(41)22-12-15-25(39)26(40)17-22)32-38(33(37)43,35(23,7)8)19-28(45-32)36(9,10)44/h11-12,15,17,23-24,27-28,39-40,44H,3,13-14,16,18-19H2,1-2,4-10H3/t23-,24?,27+,28?,37+,38+/m0/s1. The first-order valence-corrected chi connectivity index (χ1v) is 16.2. The zero-order valence-corrected chi connectivity index (χ0v) is 28.3. The molecule has 3 fully saturated rings. The molecule has 1 aliphatic heterocycles. The van der Waals surface area contributed by atoms with Gasteiger partial charge in [-0.05, 0) is 107 Å². The van der Waals surface area contributed by atoms with Crippen LogP contribution in [0.3, 0.4) is 0 Å². The first kappa shape index (κ1) is 33.2. The largest absolute Gasteiger partial charge is 0.504 e. The maximum absolute atomic E-state index is 15.6. The Balaban J connectivity index is 1.87. The van der Waals surface area contributed by atoms with Crippen molar-refractivity contribution in [3.63, 3.8) is 0 Å². The Morgan fingerprint density at radius 1 is 1.04 bits per heavy atom. The van der Waals surface area contributed by atoms with Gasteiger partial charge in [0.2, 0.25) is 0 Å². The van der Waals surface area contributed by atoms with Crippen LogP contribution < -0.4 is 0 Å². The van der Waals surface area contributed by atoms with Crippen LogP contribution in [0.1, 0.15) is 105 Å². The number of phenolic OH excluding ortho intramolecular Hbond substituents is 2. The SMILES string of the molecule is C=C(C)C1CC[C@@H]([C@]23C[C@H](CC=C(C)C)C(C)(C)[C@@]4(CC(C(C)(C)O)OC4=C(C(=O)c4ccc(O)c(O)c4)C2=O)C3=O)C1(C)C. The molecule has 1 aromatic rings. The number of aliphatic hydroxyl groups is 1. The Morgan fingerprint density at radius 3 is 2.22 bits per heavy atom. The van der Waals surface area contributed by atoms with E-state index in [0.29, 0.717) is 19.3 Å². The minimum atomic E-state index is -1.49. The van der Waals surface area contributed by atoms with Crippen LogP contribution in [0, 0.1) is 39.4 Å². The van der Waals surface area contributed by atoms with E-state index in [1.807, 2.05) is 20.8 Å². The molecule has 244 valence electrons. The summed E-state index contributed by atoms with van der Waals surface area (Å²) in [5, 5.41) is 31.6. The molecule has 45 heavy (non-hydrogen) atoms. The first-order chi connectivity index (χ1) is 20.7. The highest BCUT2D eigenvalue weighted by Crippen LogP contribution is 2.73. The van der Waals surface area contributed by atoms with Crippen LogP contribution in [0.4, 0.5) is 0 Å². The molecule has 0 aromatic heterocycles. The van der Waals surface area contributed by atoms with E-state index in [-0.39, 0.29) is 52.6 Å². The van der Waals surface area contributed by atoms with Crippen molar-refractivity contribution in [2.75, 3.05) is 0 Å². The summed E-state index contributed by atoms with van der Waals surface area (Å²) in [7, 11) is 0. The summed E-state index contributed by atoms with van der Waals surface area (Å²) in [6.45, 7) is 21.9. The number of ether oxygens (including phenoxy) is 1. The van der Waals surface area contributed by atoms with Crippen molar-refractivity contribution in [2.45, 2.75) is 106 Å². The van der Waals surface area contributed by atoms with Gasteiger partial charge in [-0.2, -0.15) is 0 Å². The lowest BCUT2D eigenvalue weighted by Crippen LogP contribution is -2.68. The van der Waals surface area contributed by atoms with Gasteiger partial charge in [-0.25, -0.2) is 0 Å². The third kappa shape index (κ3) is 4.50. The fourth-order valence-corrected chi connectivity index (χ4v) is 9.67. The lowest BCUT2D eigenvalue weighted by atomic mass is 9.37. The topological polar surface area (TPSA) is 121 Å². The molecule has 0 amide bonds. The second-order valence-corrected chi connectivity index (χ2v) is 16.2. The van der Waals surface area contributed by atoms with Crippen molar-refractivity contribution >= 4 is 17.3 Å². The number of fused-ring (bicyclic) bond motifs is 1. The van der Waals surface area contributed by atoms with Gasteiger partial charge in [-0.1, -0.05) is 51.5 Å². The highest BCUT2D eigenvalue weighted by molar-refractivity contribution is 6.35. The van der Waals surface area contributed by atoms with Crippen molar-refractivity contribution in [3.05, 3.63) is 58.9 Å². The van der Waals surface area contributed by atoms with Gasteiger partial charge >= 0.3 is 0 Å². The quantitative estimate of drug-likeness (QED) is 0.0968. The molecule has 7 nitrogen and oxygen atoms in total. The van der Waals surface area contributed by atoms with Crippen LogP contribution in [0.2, 0.25) is 0 Å². The maximum atomic E-state index is 15.6. The minimum absolute atomic E-state index is 0.0126. The molecule has 1 aromatic carbocycles. The molecule has 3 aliphatic carbocycles. The van der Waals surface area contributed by atoms with Crippen LogP contribution in [0.5, 0.6) is 11.5 Å². The number of carbonyl (C=O) groups excluding carboxylic acids is 3. The number of ketones is 3. The number of allylic oxidation sites excluding steroid dienone is 5. The highest BCUT2D eigenvalue weighted by Gasteiger charge is 2.78. The number of carbonyl (C=O) groups is 3. The molecule has 2 unspecified atom stereocenters. The number of benzene rings is 1. The molecule has 7 heteroatoms. The monoisotopic (exact) mass is 618 g/mol. The smallest absolute Gasteiger partial charge is 0.200 e. The molecular formula is C38H50O7. The maximum Gasteiger partial charge on any atom is 0.200 e. The number of Topliss-reactive ketones (excluding diaryl/α,β-unsaturated/α-hetero) is 3. The summed E-state index contributed by atoms with van der Waals surface area (Å²) < 4.78 is 6.51. The van der Waals surface area contributed by atoms with E-state index in [9.17, 15) is 20.1 Å². The van der Waals surface area contributed by atoms with Crippen LogP contribution in [-0.4, -0.2) is 44.4 Å². The van der Waals surface area contributed by atoms with Gasteiger partial charge in [0, 0.05) is 12.0 Å². The summed E-state index contributed by atoms with van der Waals surface area (Å²) >= 11 is 0. The fourth-order valence-electron chi connectivity index (χ4n) is 9.67. The molecule has 1 saturated heterocycles. The second-order valence-electron chi connectivity index (χ2n) is 16.2. The van der Waals surface area contributed by atoms with E-state index in [2.05, 4.69) is 40.3 Å². The van der Waals surface area contributed by atoms with E-state index >= 15 is 9.59 Å². The minimum Gasteiger partial charge on any atom is -0.504 e. The summed E-state index contributed by atoms with van der Waals surface area (Å²) in [4.78, 5) is 45.6. The molecule has 0 radical (unpaired) electrons. The number of rotatable bonds is 7. The molecule has 3 N–H and O–H groups in total. The zero-order chi connectivity index (χ0) is 33.7. The molecule has 1 spiro atoms. The third-order valence-electron chi connectivity index (χ3n) is 12.3. The average Bonchev–Trinajstić information content (AvgIpc) is 3.48. The van der Waals surface area contributed by atoms with Crippen molar-refractivity contribution < 1.29 is 34.4 Å². The van der Waals surface area contributed by atoms with E-state index < -0.39 is 50.7 Å². The summed E-state index contributed by atoms with van der Waals surface area (Å²) in [5.74, 6) is -2.54. The number of phenols is 2. The van der Waals surface area contributed by atoms with Crippen LogP contribution in [0.15, 0.2) is 53.3 Å². The van der Waals surface area contributed by atoms with Crippen LogP contribution in [0.25, 0.3) is 0 Å². The predicted octanol–water partition coefficient (Wildman–Crippen LogP) is 7.25. The number of hydrogen-bond acceptors (Lipinski definition) is 7. The Hall–Kier alpha value is -3.19. The Bertz CT molecular complexity index is 1550. The summed E-state index contributed by atoms with van der Waals surface area (Å²) in [5.41, 5.74) is -3.40. The highest BCUT2D eigenvalue weighted by atomic mass is 16.5. The molecule has 2 saturated carbocycles. The van der Waals surface area contributed by atoms with E-state index in [1.54, 1.807) is 13.8 Å². The lowest BCUT2D eigenvalue weighted by molar-refractivity contribution is -0.175. The van der Waals surface area contributed by atoms with Gasteiger partial charge < -0.3 is 20.1 Å². The normalized spacial score (nSPS) is 33.5. The molecular weight excluding hydrogens is 568 g/mol. The molecule has 1 heterocycles. The second kappa shape index (κ2) is 10.4. The van der Waals surface area contributed by atoms with Crippen molar-refractivity contribution in [1.29, 1.82) is 0 Å². The Kier molecular flexibility index (Phi) is 7.68. The van der Waals surface area contributed by atoms with Crippen LogP contribution >= 0.6 is 0 Å². The lowest BCUT2D eigenvalue weighted by Gasteiger charge is -2.62. The predicted molar refractivity (Wildman–Crippen MR) is 173 cm³/mol. The molecule has 6 atom stereocenters. The van der Waals surface area contributed by atoms with Crippen molar-refractivity contribution in [3.8, 4) is 11.5 Å². The number of aromatic hydroxyl groups is 2. The van der Waals surface area contributed by atoms with Gasteiger partial charge in [0.1, 0.15) is 17.4 Å². The van der Waals surface area contributed by atoms with Gasteiger partial charge in [0.25, 0.3) is 0 Å². The summed E-state index contributed by atoms with van der Waals surface area (Å²) in [6, 6.07) is 3.72. The number of hydrogen-bond donors (Lipinski definition) is 3. The molecule has 5 rings (SSSR count). The van der Waals surface area contributed by atoms with E-state index in [0.717, 1.165) is 23.6 Å².